The van der Waals surface area contributed by atoms with Gasteiger partial charge in [0.2, 0.25) is 5.91 Å². The molecule has 2 rings (SSSR count). The van der Waals surface area contributed by atoms with Crippen molar-refractivity contribution < 1.29 is 4.79 Å². The van der Waals surface area contributed by atoms with Crippen LogP contribution in [0, 0.1) is 5.92 Å². The van der Waals surface area contributed by atoms with Crippen LogP contribution in [-0.2, 0) is 11.3 Å². The lowest BCUT2D eigenvalue weighted by molar-refractivity contribution is -0.125. The number of nitrogens with one attached hydrogen (secondary N) is 1. The van der Waals surface area contributed by atoms with Gasteiger partial charge in [0.1, 0.15) is 5.15 Å². The maximum Gasteiger partial charge on any atom is 0.222 e. The number of carbonyl (C=O) groups is 1. The summed E-state index contributed by atoms with van der Waals surface area (Å²) < 4.78 is 0. The predicted molar refractivity (Wildman–Crippen MR) is 69.1 cm³/mol. The lowest BCUT2D eigenvalue weighted by Gasteiger charge is -2.30. The van der Waals surface area contributed by atoms with Gasteiger partial charge in [0.25, 0.3) is 0 Å². The maximum atomic E-state index is 11.5. The minimum Gasteiger partial charge on any atom is -0.359 e. The van der Waals surface area contributed by atoms with Gasteiger partial charge in [0.15, 0.2) is 0 Å². The minimum absolute atomic E-state index is 0.154. The summed E-state index contributed by atoms with van der Waals surface area (Å²) in [4.78, 5) is 22.0. The number of nitrogens with zero attached hydrogens (tertiary/aromatic N) is 3. The third-order valence-electron chi connectivity index (χ3n) is 3.26. The van der Waals surface area contributed by atoms with E-state index in [-0.39, 0.29) is 11.8 Å². The average molecular weight is 269 g/mol. The summed E-state index contributed by atoms with van der Waals surface area (Å²) in [5.41, 5.74) is 0.915. The fraction of sp³-hybridized carbons (Fsp3) is 0.583. The topological polar surface area (TPSA) is 58.1 Å². The highest BCUT2D eigenvalue weighted by atomic mass is 35.5. The van der Waals surface area contributed by atoms with E-state index in [4.69, 9.17) is 11.6 Å². The first-order valence-corrected chi connectivity index (χ1v) is 6.47. The van der Waals surface area contributed by atoms with E-state index in [1.165, 1.54) is 0 Å². The lowest BCUT2D eigenvalue weighted by Crippen LogP contribution is -2.39. The van der Waals surface area contributed by atoms with Gasteiger partial charge in [-0.15, -0.1) is 0 Å². The van der Waals surface area contributed by atoms with E-state index < -0.39 is 0 Å². The summed E-state index contributed by atoms with van der Waals surface area (Å²) in [6, 6.07) is 0. The van der Waals surface area contributed by atoms with E-state index in [0.29, 0.717) is 5.15 Å². The van der Waals surface area contributed by atoms with E-state index >= 15 is 0 Å². The van der Waals surface area contributed by atoms with E-state index in [2.05, 4.69) is 20.2 Å². The van der Waals surface area contributed by atoms with Crippen molar-refractivity contribution in [3.63, 3.8) is 0 Å². The number of piperidine rings is 1. The fourth-order valence-corrected chi connectivity index (χ4v) is 2.30. The molecular weight excluding hydrogens is 252 g/mol. The third-order valence-corrected chi connectivity index (χ3v) is 3.46. The molecule has 0 bridgehead atoms. The van der Waals surface area contributed by atoms with Crippen LogP contribution in [0.2, 0.25) is 5.15 Å². The maximum absolute atomic E-state index is 11.5. The van der Waals surface area contributed by atoms with Crippen molar-refractivity contribution in [3.8, 4) is 0 Å². The Morgan fingerprint density at radius 3 is 2.72 bits per heavy atom. The summed E-state index contributed by atoms with van der Waals surface area (Å²) in [5.74, 6) is 0.309. The SMILES string of the molecule is CNC(=O)C1CCN(Cc2cnc(Cl)cn2)CC1. The number of likely N-dealkylation sites (tertiary alicyclic amines) is 1. The molecule has 0 saturated carbocycles. The molecule has 0 aromatic carbocycles. The number of aromatic nitrogens is 2. The van der Waals surface area contributed by atoms with Crippen molar-refractivity contribution in [3.05, 3.63) is 23.2 Å². The minimum atomic E-state index is 0.154. The first-order valence-electron chi connectivity index (χ1n) is 6.09. The van der Waals surface area contributed by atoms with Gasteiger partial charge in [0, 0.05) is 19.5 Å². The van der Waals surface area contributed by atoms with Crippen LogP contribution in [0.15, 0.2) is 12.4 Å². The van der Waals surface area contributed by atoms with Gasteiger partial charge < -0.3 is 5.32 Å². The second-order valence-electron chi connectivity index (χ2n) is 4.50. The van der Waals surface area contributed by atoms with Gasteiger partial charge >= 0.3 is 0 Å². The van der Waals surface area contributed by atoms with Crippen LogP contribution >= 0.6 is 11.6 Å². The summed E-state index contributed by atoms with van der Waals surface area (Å²) in [7, 11) is 1.69. The quantitative estimate of drug-likeness (QED) is 0.892. The standard InChI is InChI=1S/C12H17ClN4O/c1-14-12(18)9-2-4-17(5-3-9)8-10-6-16-11(13)7-15-10/h6-7,9H,2-5,8H2,1H3,(H,14,18). The van der Waals surface area contributed by atoms with Gasteiger partial charge in [-0.25, -0.2) is 4.98 Å². The molecule has 1 aromatic rings. The summed E-state index contributed by atoms with van der Waals surface area (Å²) in [6.45, 7) is 2.61. The summed E-state index contributed by atoms with van der Waals surface area (Å²) >= 11 is 5.69. The molecule has 1 aliphatic heterocycles. The zero-order valence-corrected chi connectivity index (χ0v) is 11.2. The monoisotopic (exact) mass is 268 g/mol. The van der Waals surface area contributed by atoms with E-state index in [1.54, 1.807) is 19.4 Å². The van der Waals surface area contributed by atoms with Crippen molar-refractivity contribution in [1.82, 2.24) is 20.2 Å². The third kappa shape index (κ3) is 3.40. The molecule has 1 amide bonds. The molecule has 18 heavy (non-hydrogen) atoms. The van der Waals surface area contributed by atoms with Gasteiger partial charge in [-0.2, -0.15) is 0 Å². The Kier molecular flexibility index (Phi) is 4.49. The van der Waals surface area contributed by atoms with Crippen molar-refractivity contribution in [2.24, 2.45) is 5.92 Å². The van der Waals surface area contributed by atoms with Crippen LogP contribution in [0.25, 0.3) is 0 Å². The first kappa shape index (κ1) is 13.2. The zero-order valence-electron chi connectivity index (χ0n) is 10.4. The highest BCUT2D eigenvalue weighted by Crippen LogP contribution is 2.18. The Morgan fingerprint density at radius 2 is 2.17 bits per heavy atom. The average Bonchev–Trinajstić information content (AvgIpc) is 2.41. The zero-order chi connectivity index (χ0) is 13.0. The smallest absolute Gasteiger partial charge is 0.222 e. The number of hydrogen-bond acceptors (Lipinski definition) is 4. The fourth-order valence-electron chi connectivity index (χ4n) is 2.21. The molecule has 1 fully saturated rings. The molecular formula is C12H17ClN4O. The molecule has 5 nitrogen and oxygen atoms in total. The van der Waals surface area contributed by atoms with E-state index in [0.717, 1.165) is 38.2 Å². The number of rotatable bonds is 3. The first-order chi connectivity index (χ1) is 8.69. The molecule has 1 aliphatic rings. The molecule has 98 valence electrons. The van der Waals surface area contributed by atoms with Crippen molar-refractivity contribution in [2.75, 3.05) is 20.1 Å². The van der Waals surface area contributed by atoms with Crippen LogP contribution in [0.5, 0.6) is 0 Å². The predicted octanol–water partition coefficient (Wildman–Crippen LogP) is 1.09. The normalized spacial score (nSPS) is 17.7. The molecule has 2 heterocycles. The van der Waals surface area contributed by atoms with Crippen LogP contribution in [0.3, 0.4) is 0 Å². The molecule has 1 aromatic heterocycles. The second-order valence-corrected chi connectivity index (χ2v) is 4.88. The van der Waals surface area contributed by atoms with Crippen molar-refractivity contribution >= 4 is 17.5 Å². The Balaban J connectivity index is 1.83. The van der Waals surface area contributed by atoms with Gasteiger partial charge in [0.05, 0.1) is 18.1 Å². The van der Waals surface area contributed by atoms with Crippen molar-refractivity contribution in [1.29, 1.82) is 0 Å². The Morgan fingerprint density at radius 1 is 1.44 bits per heavy atom. The number of halogens is 1. The van der Waals surface area contributed by atoms with Crippen LogP contribution < -0.4 is 5.32 Å². The van der Waals surface area contributed by atoms with Crippen LogP contribution in [0.4, 0.5) is 0 Å². The molecule has 1 saturated heterocycles. The molecule has 6 heteroatoms. The number of amides is 1. The lowest BCUT2D eigenvalue weighted by atomic mass is 9.96. The van der Waals surface area contributed by atoms with E-state index in [1.807, 2.05) is 0 Å². The highest BCUT2D eigenvalue weighted by molar-refractivity contribution is 6.29. The van der Waals surface area contributed by atoms with Crippen molar-refractivity contribution in [2.45, 2.75) is 19.4 Å². The Bertz CT molecular complexity index is 401. The molecule has 0 aliphatic carbocycles. The molecule has 1 N–H and O–H groups in total. The van der Waals surface area contributed by atoms with E-state index in [9.17, 15) is 4.79 Å². The largest absolute Gasteiger partial charge is 0.359 e. The number of hydrogen-bond donors (Lipinski definition) is 1. The molecule has 0 atom stereocenters. The van der Waals surface area contributed by atoms with Crippen LogP contribution in [0.1, 0.15) is 18.5 Å². The highest BCUT2D eigenvalue weighted by Gasteiger charge is 2.24. The molecule has 0 unspecified atom stereocenters. The Hall–Kier alpha value is -1.20. The van der Waals surface area contributed by atoms with Gasteiger partial charge in [-0.1, -0.05) is 11.6 Å². The molecule has 0 radical (unpaired) electrons. The van der Waals surface area contributed by atoms with Crippen LogP contribution in [-0.4, -0.2) is 40.9 Å². The summed E-state index contributed by atoms with van der Waals surface area (Å²) in [5, 5.41) is 3.12. The van der Waals surface area contributed by atoms with Gasteiger partial charge in [-0.3, -0.25) is 14.7 Å². The molecule has 0 spiro atoms. The second kappa shape index (κ2) is 6.11. The summed E-state index contributed by atoms with van der Waals surface area (Å²) in [6.07, 6.45) is 5.07. The van der Waals surface area contributed by atoms with Gasteiger partial charge in [-0.05, 0) is 25.9 Å². The Labute approximate surface area is 112 Å². The number of carbonyl (C=O) groups excluding carboxylic acids is 1.